The minimum absolute atomic E-state index is 0.0358. The van der Waals surface area contributed by atoms with Crippen LogP contribution in [0.4, 0.5) is 13.2 Å². The van der Waals surface area contributed by atoms with Crippen LogP contribution >= 0.6 is 0 Å². The van der Waals surface area contributed by atoms with Crippen molar-refractivity contribution in [3.63, 3.8) is 0 Å². The molecule has 164 valence electrons. The second-order valence-corrected chi connectivity index (χ2v) is 7.47. The Morgan fingerprint density at radius 2 is 1.84 bits per heavy atom. The first-order valence-electron chi connectivity index (χ1n) is 9.73. The van der Waals surface area contributed by atoms with E-state index in [0.717, 1.165) is 29.1 Å². The second-order valence-electron chi connectivity index (χ2n) is 7.47. The maximum atomic E-state index is 12.8. The summed E-state index contributed by atoms with van der Waals surface area (Å²) in [6, 6.07) is 11.8. The summed E-state index contributed by atoms with van der Waals surface area (Å²) in [5.41, 5.74) is 3.06. The monoisotopic (exact) mass is 432 g/mol. The number of rotatable bonds is 7. The number of hydrogen-bond acceptors (Lipinski definition) is 3. The van der Waals surface area contributed by atoms with Gasteiger partial charge in [0.2, 0.25) is 0 Å². The lowest BCUT2D eigenvalue weighted by Crippen LogP contribution is -2.10. The number of aliphatic carboxylic acids is 1. The molecule has 1 atom stereocenters. The molecule has 0 spiro atoms. The molecular formula is C23H23F3N2O3. The van der Waals surface area contributed by atoms with Gasteiger partial charge in [0, 0.05) is 17.2 Å². The Balaban J connectivity index is 1.76. The predicted molar refractivity (Wildman–Crippen MR) is 110 cm³/mol. The molecule has 31 heavy (non-hydrogen) atoms. The molecule has 0 bridgehead atoms. The van der Waals surface area contributed by atoms with Crippen molar-refractivity contribution < 1.29 is 27.8 Å². The molecule has 3 rings (SSSR count). The molecule has 8 heteroatoms. The molecule has 1 N–H and O–H groups in total. The fourth-order valence-corrected chi connectivity index (χ4v) is 3.64. The maximum absolute atomic E-state index is 12.8. The smallest absolute Gasteiger partial charge is 0.416 e. The Kier molecular flexibility index (Phi) is 6.38. The molecule has 0 amide bonds. The van der Waals surface area contributed by atoms with E-state index >= 15 is 0 Å². The summed E-state index contributed by atoms with van der Waals surface area (Å²) >= 11 is 0. The molecule has 1 heterocycles. The van der Waals surface area contributed by atoms with Crippen molar-refractivity contribution in [1.82, 2.24) is 9.78 Å². The van der Waals surface area contributed by atoms with E-state index in [1.807, 2.05) is 20.8 Å². The van der Waals surface area contributed by atoms with Gasteiger partial charge in [-0.25, -0.2) is 4.68 Å². The number of carboxylic acid groups (broad SMARTS) is 1. The molecule has 0 saturated carbocycles. The first kappa shape index (κ1) is 22.4. The number of ether oxygens (including phenoxy) is 1. The van der Waals surface area contributed by atoms with Crippen LogP contribution in [0.15, 0.2) is 48.5 Å². The summed E-state index contributed by atoms with van der Waals surface area (Å²) in [5, 5.41) is 13.4. The van der Waals surface area contributed by atoms with Gasteiger partial charge in [-0.3, -0.25) is 4.79 Å². The topological polar surface area (TPSA) is 64.4 Å². The van der Waals surface area contributed by atoms with E-state index in [9.17, 15) is 18.0 Å². The third-order valence-electron chi connectivity index (χ3n) is 5.03. The number of halogens is 3. The molecule has 1 unspecified atom stereocenters. The van der Waals surface area contributed by atoms with Crippen molar-refractivity contribution >= 4 is 5.97 Å². The van der Waals surface area contributed by atoms with Gasteiger partial charge < -0.3 is 9.84 Å². The average molecular weight is 432 g/mol. The fraction of sp³-hybridized carbons (Fsp3) is 0.304. The van der Waals surface area contributed by atoms with Gasteiger partial charge in [-0.05, 0) is 55.8 Å². The number of aryl methyl sites for hydroxylation is 1. The van der Waals surface area contributed by atoms with E-state index in [1.54, 1.807) is 28.9 Å². The Hall–Kier alpha value is -3.29. The van der Waals surface area contributed by atoms with Gasteiger partial charge in [0.05, 0.1) is 30.0 Å². The third-order valence-corrected chi connectivity index (χ3v) is 5.03. The normalized spacial score (nSPS) is 12.6. The Morgan fingerprint density at radius 3 is 2.45 bits per heavy atom. The van der Waals surface area contributed by atoms with Crippen molar-refractivity contribution in [2.45, 2.75) is 39.3 Å². The van der Waals surface area contributed by atoms with E-state index in [2.05, 4.69) is 5.10 Å². The lowest BCUT2D eigenvalue weighted by molar-refractivity contribution is -0.138. The predicted octanol–water partition coefficient (Wildman–Crippen LogP) is 5.32. The van der Waals surface area contributed by atoms with Crippen LogP contribution < -0.4 is 4.74 Å². The maximum Gasteiger partial charge on any atom is 0.416 e. The number of alkyl halides is 3. The highest BCUT2D eigenvalue weighted by atomic mass is 19.4. The number of carbonyl (C=O) groups is 1. The molecule has 2 aromatic carbocycles. The average Bonchev–Trinajstić information content (AvgIpc) is 2.99. The van der Waals surface area contributed by atoms with Gasteiger partial charge >= 0.3 is 12.1 Å². The molecule has 1 aromatic heterocycles. The molecule has 0 aliphatic heterocycles. The van der Waals surface area contributed by atoms with Crippen LogP contribution in [0.3, 0.4) is 0 Å². The SMILES string of the molecule is Cc1nn(-c2ccc(C(F)(F)F)cc2)c(C)c1C(C)COc1cccc(CC(=O)O)c1. The number of nitrogens with zero attached hydrogens (tertiary/aromatic N) is 2. The van der Waals surface area contributed by atoms with Crippen LogP contribution in [0, 0.1) is 13.8 Å². The molecule has 0 fully saturated rings. The van der Waals surface area contributed by atoms with E-state index in [4.69, 9.17) is 9.84 Å². The summed E-state index contributed by atoms with van der Waals surface area (Å²) in [4.78, 5) is 10.9. The number of benzene rings is 2. The van der Waals surface area contributed by atoms with Gasteiger partial charge in [-0.1, -0.05) is 19.1 Å². The zero-order chi connectivity index (χ0) is 22.8. The third kappa shape index (κ3) is 5.25. The summed E-state index contributed by atoms with van der Waals surface area (Å²) in [5.74, 6) is -0.366. The van der Waals surface area contributed by atoms with E-state index in [-0.39, 0.29) is 12.3 Å². The van der Waals surface area contributed by atoms with Crippen LogP contribution in [-0.2, 0) is 17.4 Å². The number of aromatic nitrogens is 2. The van der Waals surface area contributed by atoms with Crippen LogP contribution in [0.5, 0.6) is 5.75 Å². The molecule has 3 aromatic rings. The second kappa shape index (κ2) is 8.83. The molecule has 0 saturated heterocycles. The van der Waals surface area contributed by atoms with Crippen LogP contribution in [0.25, 0.3) is 5.69 Å². The minimum Gasteiger partial charge on any atom is -0.493 e. The Morgan fingerprint density at radius 1 is 1.16 bits per heavy atom. The van der Waals surface area contributed by atoms with Crippen molar-refractivity contribution in [1.29, 1.82) is 0 Å². The van der Waals surface area contributed by atoms with E-state index in [0.29, 0.717) is 23.6 Å². The molecular weight excluding hydrogens is 409 g/mol. The standard InChI is InChI=1S/C23H23F3N2O3/c1-14(13-31-20-6-4-5-17(11-20)12-21(29)30)22-15(2)27-28(16(22)3)19-9-7-18(8-10-19)23(24,25)26/h4-11,14H,12-13H2,1-3H3,(H,29,30). The van der Waals surface area contributed by atoms with Crippen molar-refractivity contribution in [2.75, 3.05) is 6.61 Å². The lowest BCUT2D eigenvalue weighted by atomic mass is 10.00. The molecule has 0 aliphatic rings. The summed E-state index contributed by atoms with van der Waals surface area (Å²) in [6.45, 7) is 6.05. The highest BCUT2D eigenvalue weighted by Gasteiger charge is 2.30. The van der Waals surface area contributed by atoms with Crippen LogP contribution in [0.1, 0.15) is 40.9 Å². The summed E-state index contributed by atoms with van der Waals surface area (Å²) < 4.78 is 46.0. The van der Waals surface area contributed by atoms with Crippen molar-refractivity contribution in [3.8, 4) is 11.4 Å². The van der Waals surface area contributed by atoms with Crippen LogP contribution in [0.2, 0.25) is 0 Å². The Bertz CT molecular complexity index is 1070. The minimum atomic E-state index is -4.38. The van der Waals surface area contributed by atoms with E-state index < -0.39 is 17.7 Å². The molecule has 0 aliphatic carbocycles. The quantitative estimate of drug-likeness (QED) is 0.549. The lowest BCUT2D eigenvalue weighted by Gasteiger charge is -2.15. The Labute approximate surface area is 178 Å². The zero-order valence-electron chi connectivity index (χ0n) is 17.4. The first-order chi connectivity index (χ1) is 14.6. The molecule has 5 nitrogen and oxygen atoms in total. The largest absolute Gasteiger partial charge is 0.493 e. The van der Waals surface area contributed by atoms with Crippen molar-refractivity contribution in [3.05, 3.63) is 76.6 Å². The van der Waals surface area contributed by atoms with Gasteiger partial charge in [-0.2, -0.15) is 18.3 Å². The van der Waals surface area contributed by atoms with Gasteiger partial charge in [0.25, 0.3) is 0 Å². The highest BCUT2D eigenvalue weighted by molar-refractivity contribution is 5.70. The highest BCUT2D eigenvalue weighted by Crippen LogP contribution is 2.31. The van der Waals surface area contributed by atoms with Gasteiger partial charge in [0.15, 0.2) is 0 Å². The number of carboxylic acids is 1. The summed E-state index contributed by atoms with van der Waals surface area (Å²) in [7, 11) is 0. The zero-order valence-corrected chi connectivity index (χ0v) is 17.4. The van der Waals surface area contributed by atoms with Crippen LogP contribution in [-0.4, -0.2) is 27.5 Å². The van der Waals surface area contributed by atoms with E-state index in [1.165, 1.54) is 12.1 Å². The fourth-order valence-electron chi connectivity index (χ4n) is 3.64. The number of hydrogen-bond donors (Lipinski definition) is 1. The summed E-state index contributed by atoms with van der Waals surface area (Å²) in [6.07, 6.45) is -4.46. The van der Waals surface area contributed by atoms with Gasteiger partial charge in [-0.15, -0.1) is 0 Å². The first-order valence-corrected chi connectivity index (χ1v) is 9.73. The van der Waals surface area contributed by atoms with Crippen molar-refractivity contribution in [2.24, 2.45) is 0 Å². The molecule has 0 radical (unpaired) electrons. The van der Waals surface area contributed by atoms with Gasteiger partial charge in [0.1, 0.15) is 5.75 Å².